The third-order valence-corrected chi connectivity index (χ3v) is 2.76. The van der Waals surface area contributed by atoms with Gasteiger partial charge >= 0.3 is 0 Å². The van der Waals surface area contributed by atoms with Gasteiger partial charge in [0.05, 0.1) is 6.04 Å². The van der Waals surface area contributed by atoms with E-state index >= 15 is 0 Å². The maximum atomic E-state index is 3.29. The number of rotatable bonds is 1. The highest BCUT2D eigenvalue weighted by molar-refractivity contribution is 7.10. The Bertz CT molecular complexity index is 212. The summed E-state index contributed by atoms with van der Waals surface area (Å²) in [6.07, 6.45) is 0. The fourth-order valence-corrected chi connectivity index (χ4v) is 1.99. The largest absolute Gasteiger partial charge is 0.306 e. The van der Waals surface area contributed by atoms with Crippen LogP contribution in [0.4, 0.5) is 0 Å². The van der Waals surface area contributed by atoms with Crippen molar-refractivity contribution in [2.75, 3.05) is 6.54 Å². The van der Waals surface area contributed by atoms with Crippen molar-refractivity contribution in [1.29, 1.82) is 0 Å². The fourth-order valence-electron chi connectivity index (χ4n) is 0.986. The number of hydrogen-bond donors (Lipinski definition) is 1. The minimum atomic E-state index is 0.699. The van der Waals surface area contributed by atoms with E-state index in [0.29, 0.717) is 6.04 Å². The molecule has 2 rings (SSSR count). The molecule has 1 N–H and O–H groups in total. The van der Waals surface area contributed by atoms with Gasteiger partial charge in [-0.05, 0) is 23.9 Å². The Hall–Kier alpha value is -0.340. The maximum absolute atomic E-state index is 3.29. The van der Waals surface area contributed by atoms with E-state index in [2.05, 4.69) is 23.7 Å². The Labute approximate surface area is 58.7 Å². The number of nitrogens with one attached hydrogen (secondary N) is 1. The summed E-state index contributed by atoms with van der Waals surface area (Å²) in [5.74, 6) is 0. The monoisotopic (exact) mass is 139 g/mol. The first-order chi connectivity index (χ1) is 4.38. The standard InChI is InChI=1S/C7H9NS/c1-5-2-3-9-7(5)6-4-8-6/h2-3,6,8H,4H2,1H3/t6-/m1/s1. The van der Waals surface area contributed by atoms with Crippen LogP contribution in [0.5, 0.6) is 0 Å². The summed E-state index contributed by atoms with van der Waals surface area (Å²) in [5, 5.41) is 5.45. The van der Waals surface area contributed by atoms with Crippen molar-refractivity contribution in [2.24, 2.45) is 0 Å². The van der Waals surface area contributed by atoms with Crippen molar-refractivity contribution in [2.45, 2.75) is 13.0 Å². The zero-order valence-corrected chi connectivity index (χ0v) is 6.16. The summed E-state index contributed by atoms with van der Waals surface area (Å²) in [6.45, 7) is 3.35. The first kappa shape index (κ1) is 5.45. The Balaban J connectivity index is 2.35. The Morgan fingerprint density at radius 3 is 3.00 bits per heavy atom. The summed E-state index contributed by atoms with van der Waals surface area (Å²) in [4.78, 5) is 1.52. The van der Waals surface area contributed by atoms with Crippen LogP contribution in [0, 0.1) is 6.92 Å². The molecule has 1 nitrogen and oxygen atoms in total. The Kier molecular flexibility index (Phi) is 1.10. The van der Waals surface area contributed by atoms with Gasteiger partial charge in [-0.15, -0.1) is 11.3 Å². The third kappa shape index (κ3) is 0.884. The second-order valence-corrected chi connectivity index (χ2v) is 3.38. The molecule has 1 saturated heterocycles. The summed E-state index contributed by atoms with van der Waals surface area (Å²) in [6, 6.07) is 2.88. The summed E-state index contributed by atoms with van der Waals surface area (Å²) < 4.78 is 0. The van der Waals surface area contributed by atoms with E-state index in [4.69, 9.17) is 0 Å². The molecule has 48 valence electrons. The normalized spacial score (nSPS) is 24.3. The second kappa shape index (κ2) is 1.82. The minimum Gasteiger partial charge on any atom is -0.306 e. The molecule has 0 radical (unpaired) electrons. The zero-order chi connectivity index (χ0) is 6.27. The topological polar surface area (TPSA) is 21.9 Å². The van der Waals surface area contributed by atoms with Crippen LogP contribution in [0.15, 0.2) is 11.4 Å². The van der Waals surface area contributed by atoms with Crippen molar-refractivity contribution >= 4 is 11.3 Å². The molecule has 1 aromatic rings. The lowest BCUT2D eigenvalue weighted by atomic mass is 10.2. The van der Waals surface area contributed by atoms with Gasteiger partial charge in [0.1, 0.15) is 0 Å². The lowest BCUT2D eigenvalue weighted by Crippen LogP contribution is -1.79. The van der Waals surface area contributed by atoms with Gasteiger partial charge in [-0.25, -0.2) is 0 Å². The molecule has 0 spiro atoms. The fraction of sp³-hybridized carbons (Fsp3) is 0.429. The zero-order valence-electron chi connectivity index (χ0n) is 5.35. The molecule has 0 unspecified atom stereocenters. The molecule has 9 heavy (non-hydrogen) atoms. The van der Waals surface area contributed by atoms with E-state index in [1.54, 1.807) is 0 Å². The van der Waals surface area contributed by atoms with Gasteiger partial charge < -0.3 is 5.32 Å². The smallest absolute Gasteiger partial charge is 0.0545 e. The highest BCUT2D eigenvalue weighted by Crippen LogP contribution is 2.29. The van der Waals surface area contributed by atoms with E-state index in [0.717, 1.165) is 0 Å². The van der Waals surface area contributed by atoms with Crippen LogP contribution in [0.3, 0.4) is 0 Å². The summed E-state index contributed by atoms with van der Waals surface area (Å²) in [5.41, 5.74) is 1.44. The van der Waals surface area contributed by atoms with Gasteiger partial charge in [-0.2, -0.15) is 0 Å². The molecule has 0 bridgehead atoms. The Morgan fingerprint density at radius 1 is 1.78 bits per heavy atom. The summed E-state index contributed by atoms with van der Waals surface area (Å²) >= 11 is 1.86. The van der Waals surface area contributed by atoms with E-state index < -0.39 is 0 Å². The highest BCUT2D eigenvalue weighted by atomic mass is 32.1. The van der Waals surface area contributed by atoms with Crippen LogP contribution >= 0.6 is 11.3 Å². The third-order valence-electron chi connectivity index (χ3n) is 1.63. The number of hydrogen-bond acceptors (Lipinski definition) is 2. The van der Waals surface area contributed by atoms with Crippen LogP contribution in [0.25, 0.3) is 0 Å². The van der Waals surface area contributed by atoms with Crippen LogP contribution in [0.1, 0.15) is 16.5 Å². The van der Waals surface area contributed by atoms with Crippen molar-refractivity contribution in [1.82, 2.24) is 5.32 Å². The van der Waals surface area contributed by atoms with Crippen molar-refractivity contribution in [3.8, 4) is 0 Å². The second-order valence-electron chi connectivity index (χ2n) is 2.43. The Morgan fingerprint density at radius 2 is 2.56 bits per heavy atom. The van der Waals surface area contributed by atoms with E-state index in [9.17, 15) is 0 Å². The SMILES string of the molecule is Cc1ccsc1[C@H]1CN1. The average Bonchev–Trinajstić information content (AvgIpc) is 2.58. The van der Waals surface area contributed by atoms with Gasteiger partial charge in [0.2, 0.25) is 0 Å². The van der Waals surface area contributed by atoms with Crippen LogP contribution < -0.4 is 5.32 Å². The number of thiophene rings is 1. The van der Waals surface area contributed by atoms with Crippen LogP contribution in [-0.2, 0) is 0 Å². The molecular weight excluding hydrogens is 130 g/mol. The van der Waals surface area contributed by atoms with Gasteiger partial charge in [0, 0.05) is 11.4 Å². The molecule has 2 heteroatoms. The number of aryl methyl sites for hydroxylation is 1. The quantitative estimate of drug-likeness (QED) is 0.588. The molecule has 0 amide bonds. The van der Waals surface area contributed by atoms with Crippen molar-refractivity contribution in [3.05, 3.63) is 21.9 Å². The van der Waals surface area contributed by atoms with Gasteiger partial charge in [-0.3, -0.25) is 0 Å². The maximum Gasteiger partial charge on any atom is 0.0545 e. The molecule has 2 heterocycles. The highest BCUT2D eigenvalue weighted by Gasteiger charge is 2.24. The average molecular weight is 139 g/mol. The molecule has 1 fully saturated rings. The first-order valence-corrected chi connectivity index (χ1v) is 4.03. The summed E-state index contributed by atoms with van der Waals surface area (Å²) in [7, 11) is 0. The predicted molar refractivity (Wildman–Crippen MR) is 39.8 cm³/mol. The van der Waals surface area contributed by atoms with E-state index in [-0.39, 0.29) is 0 Å². The molecular formula is C7H9NS. The molecule has 1 aliphatic rings. The minimum absolute atomic E-state index is 0.699. The van der Waals surface area contributed by atoms with Crippen molar-refractivity contribution in [3.63, 3.8) is 0 Å². The van der Waals surface area contributed by atoms with Crippen LogP contribution in [0.2, 0.25) is 0 Å². The van der Waals surface area contributed by atoms with Crippen LogP contribution in [-0.4, -0.2) is 6.54 Å². The van der Waals surface area contributed by atoms with Crippen molar-refractivity contribution < 1.29 is 0 Å². The van der Waals surface area contributed by atoms with E-state index in [1.165, 1.54) is 17.0 Å². The molecule has 1 aromatic heterocycles. The molecule has 1 atom stereocenters. The molecule has 0 saturated carbocycles. The van der Waals surface area contributed by atoms with Gasteiger partial charge in [0.25, 0.3) is 0 Å². The lowest BCUT2D eigenvalue weighted by molar-refractivity contribution is 1.10. The van der Waals surface area contributed by atoms with Gasteiger partial charge in [0.15, 0.2) is 0 Å². The molecule has 0 aromatic carbocycles. The molecule has 0 aliphatic carbocycles. The van der Waals surface area contributed by atoms with E-state index in [1.807, 2.05) is 11.3 Å². The molecule has 1 aliphatic heterocycles. The first-order valence-electron chi connectivity index (χ1n) is 3.15. The lowest BCUT2D eigenvalue weighted by Gasteiger charge is -1.89. The van der Waals surface area contributed by atoms with Gasteiger partial charge in [-0.1, -0.05) is 0 Å². The predicted octanol–water partition coefficient (Wildman–Crippen LogP) is 1.70.